The van der Waals surface area contributed by atoms with Crippen LogP contribution in [0.1, 0.15) is 27.2 Å². The maximum Gasteiger partial charge on any atom is 0.224 e. The van der Waals surface area contributed by atoms with Crippen molar-refractivity contribution in [1.82, 2.24) is 4.90 Å². The van der Waals surface area contributed by atoms with E-state index in [1.165, 1.54) is 0 Å². The fourth-order valence-electron chi connectivity index (χ4n) is 0.962. The molecule has 4 heteroatoms. The van der Waals surface area contributed by atoms with E-state index >= 15 is 0 Å². The van der Waals surface area contributed by atoms with Crippen LogP contribution < -0.4 is 5.73 Å². The summed E-state index contributed by atoms with van der Waals surface area (Å²) in [6.07, 6.45) is 0.610. The van der Waals surface area contributed by atoms with Crippen LogP contribution in [0.25, 0.3) is 0 Å². The van der Waals surface area contributed by atoms with Gasteiger partial charge in [0.05, 0.1) is 19.1 Å². The predicted molar refractivity (Wildman–Crippen MR) is 57.0 cm³/mol. The van der Waals surface area contributed by atoms with E-state index in [0.717, 1.165) is 0 Å². The predicted octanol–water partition coefficient (Wildman–Crippen LogP) is 0.607. The van der Waals surface area contributed by atoms with Crippen molar-refractivity contribution in [2.75, 3.05) is 20.2 Å². The molecule has 0 saturated carbocycles. The molecular formula is C10H22N2O2. The van der Waals surface area contributed by atoms with Crippen LogP contribution in [0.5, 0.6) is 0 Å². The molecule has 0 bridgehead atoms. The minimum absolute atomic E-state index is 0.0867. The standard InChI is InChI=1S/C10H22N2O2/c1-8(2)14-6-5-10(13)12(4)9(3)7-11/h8-9H,5-7,11H2,1-4H3. The molecule has 84 valence electrons. The Kier molecular flexibility index (Phi) is 6.49. The lowest BCUT2D eigenvalue weighted by atomic mass is 10.2. The molecule has 0 aromatic heterocycles. The van der Waals surface area contributed by atoms with Crippen LogP contribution in [0.2, 0.25) is 0 Å². The molecule has 1 atom stereocenters. The molecule has 0 spiro atoms. The summed E-state index contributed by atoms with van der Waals surface area (Å²) < 4.78 is 5.30. The van der Waals surface area contributed by atoms with Gasteiger partial charge in [-0.15, -0.1) is 0 Å². The van der Waals surface area contributed by atoms with E-state index in [1.807, 2.05) is 20.8 Å². The number of carbonyl (C=O) groups excluding carboxylic acids is 1. The first-order valence-corrected chi connectivity index (χ1v) is 5.06. The van der Waals surface area contributed by atoms with Crippen molar-refractivity contribution in [3.05, 3.63) is 0 Å². The molecule has 1 amide bonds. The highest BCUT2D eigenvalue weighted by atomic mass is 16.5. The summed E-state index contributed by atoms with van der Waals surface area (Å²) in [5.74, 6) is 0.0867. The zero-order valence-corrected chi connectivity index (χ0v) is 9.62. The fourth-order valence-corrected chi connectivity index (χ4v) is 0.962. The van der Waals surface area contributed by atoms with Gasteiger partial charge in [-0.05, 0) is 20.8 Å². The average molecular weight is 202 g/mol. The number of nitrogens with two attached hydrogens (primary N) is 1. The number of hydrogen-bond acceptors (Lipinski definition) is 3. The summed E-state index contributed by atoms with van der Waals surface area (Å²) in [6.45, 7) is 6.82. The number of hydrogen-bond donors (Lipinski definition) is 1. The molecule has 0 rings (SSSR count). The van der Waals surface area contributed by atoms with Gasteiger partial charge in [0.15, 0.2) is 0 Å². The van der Waals surface area contributed by atoms with Crippen LogP contribution in [-0.2, 0) is 9.53 Å². The molecule has 0 saturated heterocycles. The lowest BCUT2D eigenvalue weighted by Crippen LogP contribution is -2.40. The average Bonchev–Trinajstić information content (AvgIpc) is 2.14. The van der Waals surface area contributed by atoms with Crippen molar-refractivity contribution in [2.45, 2.75) is 39.3 Å². The molecular weight excluding hydrogens is 180 g/mol. The Morgan fingerprint density at radius 2 is 2.00 bits per heavy atom. The Labute approximate surface area is 86.4 Å². The van der Waals surface area contributed by atoms with Crippen molar-refractivity contribution in [3.8, 4) is 0 Å². The summed E-state index contributed by atoms with van der Waals surface area (Å²) in [6, 6.07) is 0.0987. The van der Waals surface area contributed by atoms with Crippen LogP contribution >= 0.6 is 0 Å². The van der Waals surface area contributed by atoms with E-state index < -0.39 is 0 Å². The Balaban J connectivity index is 3.73. The number of rotatable bonds is 6. The number of carbonyl (C=O) groups is 1. The van der Waals surface area contributed by atoms with Gasteiger partial charge in [-0.25, -0.2) is 0 Å². The topological polar surface area (TPSA) is 55.6 Å². The molecule has 0 aliphatic heterocycles. The molecule has 0 aromatic rings. The number of likely N-dealkylation sites (N-methyl/N-ethyl adjacent to an activating group) is 1. The van der Waals surface area contributed by atoms with Gasteiger partial charge in [-0.3, -0.25) is 4.79 Å². The first-order chi connectivity index (χ1) is 6.49. The van der Waals surface area contributed by atoms with Gasteiger partial charge in [-0.1, -0.05) is 0 Å². The Hall–Kier alpha value is -0.610. The summed E-state index contributed by atoms with van der Waals surface area (Å²) in [5.41, 5.74) is 5.46. The van der Waals surface area contributed by atoms with Crippen molar-refractivity contribution in [3.63, 3.8) is 0 Å². The third kappa shape index (κ3) is 5.19. The summed E-state index contributed by atoms with van der Waals surface area (Å²) in [7, 11) is 1.77. The van der Waals surface area contributed by atoms with Gasteiger partial charge in [0.2, 0.25) is 5.91 Å². The van der Waals surface area contributed by atoms with E-state index in [2.05, 4.69) is 0 Å². The minimum atomic E-state index is 0.0867. The van der Waals surface area contributed by atoms with Gasteiger partial charge in [0.25, 0.3) is 0 Å². The molecule has 4 nitrogen and oxygen atoms in total. The Morgan fingerprint density at radius 3 is 2.43 bits per heavy atom. The van der Waals surface area contributed by atoms with Gasteiger partial charge >= 0.3 is 0 Å². The second-order valence-corrected chi connectivity index (χ2v) is 3.76. The third-order valence-electron chi connectivity index (χ3n) is 2.16. The molecule has 2 N–H and O–H groups in total. The molecule has 0 aliphatic rings. The fraction of sp³-hybridized carbons (Fsp3) is 0.900. The van der Waals surface area contributed by atoms with Crippen LogP contribution in [0, 0.1) is 0 Å². The summed E-state index contributed by atoms with van der Waals surface area (Å²) in [5, 5.41) is 0. The maximum atomic E-state index is 11.5. The van der Waals surface area contributed by atoms with E-state index in [1.54, 1.807) is 11.9 Å². The first kappa shape index (κ1) is 13.4. The van der Waals surface area contributed by atoms with Crippen molar-refractivity contribution in [2.24, 2.45) is 5.73 Å². The summed E-state index contributed by atoms with van der Waals surface area (Å²) >= 11 is 0. The van der Waals surface area contributed by atoms with Crippen molar-refractivity contribution < 1.29 is 9.53 Å². The minimum Gasteiger partial charge on any atom is -0.378 e. The Morgan fingerprint density at radius 1 is 1.43 bits per heavy atom. The van der Waals surface area contributed by atoms with Gasteiger partial charge in [0, 0.05) is 19.6 Å². The second kappa shape index (κ2) is 6.79. The number of ether oxygens (including phenoxy) is 1. The van der Waals surface area contributed by atoms with Crippen LogP contribution in [0.4, 0.5) is 0 Å². The van der Waals surface area contributed by atoms with Crippen molar-refractivity contribution in [1.29, 1.82) is 0 Å². The molecule has 0 aromatic carbocycles. The van der Waals surface area contributed by atoms with E-state index in [-0.39, 0.29) is 18.1 Å². The summed E-state index contributed by atoms with van der Waals surface area (Å²) in [4.78, 5) is 13.2. The molecule has 0 radical (unpaired) electrons. The zero-order valence-electron chi connectivity index (χ0n) is 9.62. The molecule has 1 unspecified atom stereocenters. The van der Waals surface area contributed by atoms with Gasteiger partial charge in [-0.2, -0.15) is 0 Å². The highest BCUT2D eigenvalue weighted by molar-refractivity contribution is 5.76. The molecule has 0 heterocycles. The van der Waals surface area contributed by atoms with E-state index in [9.17, 15) is 4.79 Å². The van der Waals surface area contributed by atoms with Crippen LogP contribution in [-0.4, -0.2) is 43.2 Å². The first-order valence-electron chi connectivity index (χ1n) is 5.06. The van der Waals surface area contributed by atoms with Gasteiger partial charge < -0.3 is 15.4 Å². The molecule has 0 aliphatic carbocycles. The lowest BCUT2D eigenvalue weighted by molar-refractivity contribution is -0.132. The lowest BCUT2D eigenvalue weighted by Gasteiger charge is -2.23. The number of nitrogens with zero attached hydrogens (tertiary/aromatic N) is 1. The molecule has 14 heavy (non-hydrogen) atoms. The van der Waals surface area contributed by atoms with E-state index in [4.69, 9.17) is 10.5 Å². The largest absolute Gasteiger partial charge is 0.378 e. The third-order valence-corrected chi connectivity index (χ3v) is 2.16. The van der Waals surface area contributed by atoms with E-state index in [0.29, 0.717) is 19.6 Å². The SMILES string of the molecule is CC(C)OCCC(=O)N(C)C(C)CN. The van der Waals surface area contributed by atoms with Crippen molar-refractivity contribution >= 4 is 5.91 Å². The van der Waals surface area contributed by atoms with Crippen LogP contribution in [0.15, 0.2) is 0 Å². The smallest absolute Gasteiger partial charge is 0.224 e. The zero-order chi connectivity index (χ0) is 11.1. The monoisotopic (exact) mass is 202 g/mol. The maximum absolute atomic E-state index is 11.5. The molecule has 0 fully saturated rings. The highest BCUT2D eigenvalue weighted by Crippen LogP contribution is 1.99. The van der Waals surface area contributed by atoms with Gasteiger partial charge in [0.1, 0.15) is 0 Å². The second-order valence-electron chi connectivity index (χ2n) is 3.76. The highest BCUT2D eigenvalue weighted by Gasteiger charge is 2.13. The Bertz CT molecular complexity index is 172. The normalized spacial score (nSPS) is 13.0. The quantitative estimate of drug-likeness (QED) is 0.686. The van der Waals surface area contributed by atoms with Crippen LogP contribution in [0.3, 0.4) is 0 Å². The number of amides is 1.